The summed E-state index contributed by atoms with van der Waals surface area (Å²) in [5.41, 5.74) is 5.27. The van der Waals surface area contributed by atoms with Crippen LogP contribution in [-0.4, -0.2) is 9.78 Å². The highest BCUT2D eigenvalue weighted by Gasteiger charge is 2.09. The van der Waals surface area contributed by atoms with E-state index in [-0.39, 0.29) is 0 Å². The van der Waals surface area contributed by atoms with Crippen LogP contribution in [-0.2, 0) is 7.05 Å². The van der Waals surface area contributed by atoms with Crippen molar-refractivity contribution in [1.29, 1.82) is 0 Å². The molecule has 0 spiro atoms. The zero-order chi connectivity index (χ0) is 11.7. The first-order valence-electron chi connectivity index (χ1n) is 5.68. The molecule has 84 valence electrons. The van der Waals surface area contributed by atoms with E-state index in [0.29, 0.717) is 5.92 Å². The van der Waals surface area contributed by atoms with Crippen molar-refractivity contribution in [2.24, 2.45) is 7.05 Å². The zero-order valence-corrected chi connectivity index (χ0v) is 10.4. The summed E-state index contributed by atoms with van der Waals surface area (Å²) in [4.78, 5) is 0. The number of nitrogens with zero attached hydrogens (tertiary/aromatic N) is 2. The van der Waals surface area contributed by atoms with Crippen molar-refractivity contribution >= 4 is 0 Å². The number of benzene rings is 1. The van der Waals surface area contributed by atoms with Gasteiger partial charge in [0.05, 0.1) is 6.20 Å². The van der Waals surface area contributed by atoms with Crippen molar-refractivity contribution in [1.82, 2.24) is 9.78 Å². The summed E-state index contributed by atoms with van der Waals surface area (Å²) in [6.07, 6.45) is 3.98. The molecule has 1 aromatic carbocycles. The molecule has 0 saturated carbocycles. The third-order valence-corrected chi connectivity index (χ3v) is 3.01. The van der Waals surface area contributed by atoms with Crippen LogP contribution in [0.1, 0.15) is 30.9 Å². The van der Waals surface area contributed by atoms with Gasteiger partial charge in [0.1, 0.15) is 0 Å². The molecule has 0 amide bonds. The Morgan fingerprint density at radius 3 is 2.56 bits per heavy atom. The van der Waals surface area contributed by atoms with Crippen molar-refractivity contribution in [2.75, 3.05) is 0 Å². The molecule has 0 radical (unpaired) electrons. The maximum atomic E-state index is 4.23. The van der Waals surface area contributed by atoms with Crippen LogP contribution >= 0.6 is 0 Å². The van der Waals surface area contributed by atoms with Crippen LogP contribution in [0, 0.1) is 6.92 Å². The number of hydrogen-bond donors (Lipinski definition) is 0. The quantitative estimate of drug-likeness (QED) is 0.748. The van der Waals surface area contributed by atoms with Crippen LogP contribution in [0.3, 0.4) is 0 Å². The molecule has 0 fully saturated rings. The summed E-state index contributed by atoms with van der Waals surface area (Å²) < 4.78 is 1.84. The van der Waals surface area contributed by atoms with Crippen LogP contribution in [0.4, 0.5) is 0 Å². The summed E-state index contributed by atoms with van der Waals surface area (Å²) in [6.45, 7) is 6.66. The fraction of sp³-hybridized carbons (Fsp3) is 0.357. The molecule has 1 aromatic heterocycles. The van der Waals surface area contributed by atoms with Crippen molar-refractivity contribution < 1.29 is 0 Å². The Bertz CT molecular complexity index is 495. The fourth-order valence-corrected chi connectivity index (χ4v) is 2.15. The molecule has 2 rings (SSSR count). The molecule has 2 heteroatoms. The molecule has 0 aliphatic carbocycles. The topological polar surface area (TPSA) is 17.8 Å². The molecule has 0 atom stereocenters. The smallest absolute Gasteiger partial charge is 0.0568 e. The van der Waals surface area contributed by atoms with Gasteiger partial charge >= 0.3 is 0 Å². The van der Waals surface area contributed by atoms with E-state index in [4.69, 9.17) is 0 Å². The van der Waals surface area contributed by atoms with Crippen LogP contribution in [0.5, 0.6) is 0 Å². The lowest BCUT2D eigenvalue weighted by atomic mass is 9.92. The molecule has 0 aliphatic rings. The second kappa shape index (κ2) is 4.12. The first-order chi connectivity index (χ1) is 7.59. The second-order valence-corrected chi connectivity index (χ2v) is 4.58. The highest BCUT2D eigenvalue weighted by Crippen LogP contribution is 2.28. The SMILES string of the molecule is Cc1c(-c2cnn(C)c2)cccc1C(C)C. The minimum atomic E-state index is 0.566. The molecule has 16 heavy (non-hydrogen) atoms. The summed E-state index contributed by atoms with van der Waals surface area (Å²) in [5.74, 6) is 0.566. The van der Waals surface area contributed by atoms with E-state index in [1.807, 2.05) is 17.9 Å². The van der Waals surface area contributed by atoms with Gasteiger partial charge in [-0.05, 0) is 29.5 Å². The molecule has 2 aromatic rings. The van der Waals surface area contributed by atoms with Gasteiger partial charge in [0.15, 0.2) is 0 Å². The largest absolute Gasteiger partial charge is 0.275 e. The van der Waals surface area contributed by atoms with E-state index in [1.54, 1.807) is 0 Å². The van der Waals surface area contributed by atoms with Gasteiger partial charge in [-0.2, -0.15) is 5.10 Å². The third-order valence-electron chi connectivity index (χ3n) is 3.01. The van der Waals surface area contributed by atoms with E-state index < -0.39 is 0 Å². The first kappa shape index (κ1) is 10.9. The van der Waals surface area contributed by atoms with Crippen molar-refractivity contribution in [3.63, 3.8) is 0 Å². The third kappa shape index (κ3) is 1.87. The summed E-state index contributed by atoms with van der Waals surface area (Å²) in [6, 6.07) is 6.50. The molecular weight excluding hydrogens is 196 g/mol. The number of rotatable bonds is 2. The molecule has 1 heterocycles. The van der Waals surface area contributed by atoms with E-state index in [1.165, 1.54) is 22.3 Å². The molecule has 0 aliphatic heterocycles. The van der Waals surface area contributed by atoms with Gasteiger partial charge < -0.3 is 0 Å². The van der Waals surface area contributed by atoms with E-state index in [2.05, 4.69) is 50.3 Å². The lowest BCUT2D eigenvalue weighted by Gasteiger charge is -2.12. The van der Waals surface area contributed by atoms with Gasteiger partial charge in [-0.15, -0.1) is 0 Å². The Kier molecular flexibility index (Phi) is 2.82. The Hall–Kier alpha value is -1.57. The fourth-order valence-electron chi connectivity index (χ4n) is 2.15. The predicted molar refractivity (Wildman–Crippen MR) is 67.5 cm³/mol. The van der Waals surface area contributed by atoms with Gasteiger partial charge in [0.25, 0.3) is 0 Å². The Balaban J connectivity index is 2.54. The monoisotopic (exact) mass is 214 g/mol. The highest BCUT2D eigenvalue weighted by atomic mass is 15.2. The van der Waals surface area contributed by atoms with Gasteiger partial charge in [-0.3, -0.25) is 4.68 Å². The van der Waals surface area contributed by atoms with Crippen LogP contribution < -0.4 is 0 Å². The second-order valence-electron chi connectivity index (χ2n) is 4.58. The van der Waals surface area contributed by atoms with E-state index in [0.717, 1.165) is 0 Å². The molecule has 0 unspecified atom stereocenters. The standard InChI is InChI=1S/C14H18N2/c1-10(2)13-6-5-7-14(11(13)3)12-8-15-16(4)9-12/h5-10H,1-4H3. The van der Waals surface area contributed by atoms with Crippen molar-refractivity contribution in [2.45, 2.75) is 26.7 Å². The maximum absolute atomic E-state index is 4.23. The lowest BCUT2D eigenvalue weighted by Crippen LogP contribution is -1.93. The number of hydrogen-bond acceptors (Lipinski definition) is 1. The maximum Gasteiger partial charge on any atom is 0.0568 e. The Morgan fingerprint density at radius 1 is 1.25 bits per heavy atom. The van der Waals surface area contributed by atoms with Gasteiger partial charge in [-0.1, -0.05) is 32.0 Å². The Labute approximate surface area is 96.9 Å². The number of aromatic nitrogens is 2. The predicted octanol–water partition coefficient (Wildman–Crippen LogP) is 3.52. The average Bonchev–Trinajstić information content (AvgIpc) is 2.64. The van der Waals surface area contributed by atoms with E-state index >= 15 is 0 Å². The highest BCUT2D eigenvalue weighted by molar-refractivity contribution is 5.67. The molecular formula is C14H18N2. The molecule has 2 nitrogen and oxygen atoms in total. The minimum Gasteiger partial charge on any atom is -0.275 e. The van der Waals surface area contributed by atoms with Crippen LogP contribution in [0.25, 0.3) is 11.1 Å². The van der Waals surface area contributed by atoms with Gasteiger partial charge in [-0.25, -0.2) is 0 Å². The zero-order valence-electron chi connectivity index (χ0n) is 10.4. The normalized spacial score (nSPS) is 11.1. The summed E-state index contributed by atoms with van der Waals surface area (Å²) in [5, 5.41) is 4.23. The van der Waals surface area contributed by atoms with Gasteiger partial charge in [0, 0.05) is 18.8 Å². The molecule has 0 saturated heterocycles. The van der Waals surface area contributed by atoms with Crippen molar-refractivity contribution in [3.8, 4) is 11.1 Å². The van der Waals surface area contributed by atoms with Crippen molar-refractivity contribution in [3.05, 3.63) is 41.7 Å². The minimum absolute atomic E-state index is 0.566. The van der Waals surface area contributed by atoms with E-state index in [9.17, 15) is 0 Å². The first-order valence-corrected chi connectivity index (χ1v) is 5.68. The molecule has 0 bridgehead atoms. The summed E-state index contributed by atoms with van der Waals surface area (Å²) in [7, 11) is 1.95. The van der Waals surface area contributed by atoms with Gasteiger partial charge in [0.2, 0.25) is 0 Å². The van der Waals surface area contributed by atoms with Crippen LogP contribution in [0.15, 0.2) is 30.6 Å². The number of aryl methyl sites for hydroxylation is 1. The van der Waals surface area contributed by atoms with Crippen LogP contribution in [0.2, 0.25) is 0 Å². The Morgan fingerprint density at radius 2 is 2.00 bits per heavy atom. The lowest BCUT2D eigenvalue weighted by molar-refractivity contribution is 0.768. The average molecular weight is 214 g/mol. The molecule has 0 N–H and O–H groups in total. The summed E-state index contributed by atoms with van der Waals surface area (Å²) >= 11 is 0.